The van der Waals surface area contributed by atoms with Gasteiger partial charge >= 0.3 is 23.9 Å². The SMILES string of the molecule is CC/C=C\C/C=C\C/C=C\C/C=C\C/C=C\CCCC(=O)OC1C(OCC(COC(=O)CCCCCCCCC/C=C\CCCCCCCC)OC(=O)CCCCCCCCCCCCCCCCC)OC(C(=O)O)C(O)C1O. The van der Waals surface area contributed by atoms with E-state index in [2.05, 4.69) is 81.5 Å². The second-order valence-electron chi connectivity index (χ2n) is 21.7. The van der Waals surface area contributed by atoms with E-state index in [4.69, 9.17) is 23.7 Å². The Kier molecular flexibility index (Phi) is 50.7. The standard InChI is InChI=1S/C67H114O12/c1-4-7-10-13-16-19-22-25-28-30-33-35-38-41-44-47-50-53-59(68)75-56-58(77-60(69)54-51-48-45-42-39-36-32-27-24-21-18-15-12-9-6-3)57-76-67-65(63(72)62(71)64(79-67)66(73)74)78-61(70)55-52-49-46-43-40-37-34-31-29-26-23-20-17-14-11-8-5-2/h8,11,17,20,25-26,28-29,34,37,43,46,58,62-65,67,71-72H,4-7,9-10,12-16,18-19,21-24,27,30-33,35-36,38-42,44-45,47-57H2,1-3H3,(H,73,74)/b11-8-,20-17-,28-25-,29-26-,37-34-,46-43-. The van der Waals surface area contributed by atoms with Crippen molar-refractivity contribution < 1.29 is 58.2 Å². The maximum absolute atomic E-state index is 13.2. The second-order valence-corrected chi connectivity index (χ2v) is 21.7. The molecule has 1 heterocycles. The number of carboxylic acid groups (broad SMARTS) is 1. The Bertz CT molecular complexity index is 1650. The summed E-state index contributed by atoms with van der Waals surface area (Å²) < 4.78 is 28.5. The average Bonchev–Trinajstić information content (AvgIpc) is 3.43. The summed E-state index contributed by atoms with van der Waals surface area (Å²) >= 11 is 0. The van der Waals surface area contributed by atoms with Gasteiger partial charge in [0, 0.05) is 19.3 Å². The van der Waals surface area contributed by atoms with E-state index in [1.807, 2.05) is 12.2 Å². The van der Waals surface area contributed by atoms with Crippen molar-refractivity contribution in [3.05, 3.63) is 72.9 Å². The van der Waals surface area contributed by atoms with Crippen molar-refractivity contribution >= 4 is 23.9 Å². The average molecular weight is 1110 g/mol. The predicted molar refractivity (Wildman–Crippen MR) is 322 cm³/mol. The molecule has 0 aliphatic carbocycles. The molecule has 454 valence electrons. The van der Waals surface area contributed by atoms with Crippen LogP contribution < -0.4 is 0 Å². The zero-order chi connectivity index (χ0) is 57.5. The first-order valence-corrected chi connectivity index (χ1v) is 31.9. The first-order valence-electron chi connectivity index (χ1n) is 31.9. The van der Waals surface area contributed by atoms with E-state index in [9.17, 15) is 34.5 Å². The molecule has 0 bridgehead atoms. The van der Waals surface area contributed by atoms with Gasteiger partial charge in [-0.25, -0.2) is 4.79 Å². The van der Waals surface area contributed by atoms with E-state index in [1.165, 1.54) is 135 Å². The van der Waals surface area contributed by atoms with Gasteiger partial charge in [-0.05, 0) is 83.5 Å². The molecule has 6 atom stereocenters. The molecule has 12 nitrogen and oxygen atoms in total. The number of rotatable bonds is 54. The number of hydrogen-bond acceptors (Lipinski definition) is 11. The number of hydrogen-bond donors (Lipinski definition) is 3. The van der Waals surface area contributed by atoms with Crippen molar-refractivity contribution in [3.8, 4) is 0 Å². The molecule has 1 aliphatic heterocycles. The second kappa shape index (κ2) is 54.7. The lowest BCUT2D eigenvalue weighted by Gasteiger charge is -2.40. The fourth-order valence-corrected chi connectivity index (χ4v) is 9.40. The minimum atomic E-state index is -1.92. The van der Waals surface area contributed by atoms with Crippen LogP contribution in [0.3, 0.4) is 0 Å². The molecule has 0 saturated carbocycles. The Morgan fingerprint density at radius 2 is 0.810 bits per heavy atom. The fourth-order valence-electron chi connectivity index (χ4n) is 9.40. The summed E-state index contributed by atoms with van der Waals surface area (Å²) in [7, 11) is 0. The van der Waals surface area contributed by atoms with E-state index in [0.717, 1.165) is 77.0 Å². The van der Waals surface area contributed by atoms with E-state index in [-0.39, 0.29) is 25.9 Å². The third kappa shape index (κ3) is 44.5. The summed E-state index contributed by atoms with van der Waals surface area (Å²) in [6.45, 7) is 5.88. The van der Waals surface area contributed by atoms with Gasteiger partial charge < -0.3 is 39.0 Å². The maximum atomic E-state index is 13.2. The highest BCUT2D eigenvalue weighted by atomic mass is 16.7. The number of allylic oxidation sites excluding steroid dienone is 12. The number of aliphatic hydroxyl groups is 2. The summed E-state index contributed by atoms with van der Waals surface area (Å²) in [6.07, 6.45) is 57.2. The molecule has 0 aromatic carbocycles. The molecule has 0 aromatic rings. The van der Waals surface area contributed by atoms with Crippen LogP contribution in [0.25, 0.3) is 0 Å². The molecule has 1 saturated heterocycles. The van der Waals surface area contributed by atoms with Crippen molar-refractivity contribution in [3.63, 3.8) is 0 Å². The predicted octanol–water partition coefficient (Wildman–Crippen LogP) is 16.9. The molecule has 0 spiro atoms. The van der Waals surface area contributed by atoms with Gasteiger partial charge in [0.05, 0.1) is 6.61 Å². The molecule has 1 rings (SSSR count). The number of esters is 3. The molecule has 12 heteroatoms. The fraction of sp³-hybridized carbons (Fsp3) is 0.761. The van der Waals surface area contributed by atoms with Gasteiger partial charge in [0.1, 0.15) is 18.8 Å². The van der Waals surface area contributed by atoms with E-state index in [1.54, 1.807) is 0 Å². The largest absolute Gasteiger partial charge is 0.479 e. The van der Waals surface area contributed by atoms with Crippen LogP contribution in [0.2, 0.25) is 0 Å². The summed E-state index contributed by atoms with van der Waals surface area (Å²) in [6, 6.07) is 0. The van der Waals surface area contributed by atoms with E-state index < -0.39 is 67.3 Å². The topological polar surface area (TPSA) is 175 Å². The van der Waals surface area contributed by atoms with Crippen LogP contribution in [0.5, 0.6) is 0 Å². The van der Waals surface area contributed by atoms with Gasteiger partial charge in [0.15, 0.2) is 24.6 Å². The van der Waals surface area contributed by atoms with Crippen molar-refractivity contribution in [2.75, 3.05) is 13.2 Å². The molecular weight excluding hydrogens is 997 g/mol. The van der Waals surface area contributed by atoms with Gasteiger partial charge in [-0.15, -0.1) is 0 Å². The number of carboxylic acids is 1. The van der Waals surface area contributed by atoms with Crippen molar-refractivity contribution in [2.24, 2.45) is 0 Å². The lowest BCUT2D eigenvalue weighted by molar-refractivity contribution is -0.301. The van der Waals surface area contributed by atoms with Gasteiger partial charge in [-0.3, -0.25) is 14.4 Å². The molecule has 6 unspecified atom stereocenters. The molecule has 0 amide bonds. The van der Waals surface area contributed by atoms with Crippen LogP contribution in [-0.2, 0) is 42.9 Å². The normalized spacial score (nSPS) is 18.3. The third-order valence-electron chi connectivity index (χ3n) is 14.3. The summed E-state index contributed by atoms with van der Waals surface area (Å²) in [5.41, 5.74) is 0. The summed E-state index contributed by atoms with van der Waals surface area (Å²) in [5, 5.41) is 31.5. The number of carbonyl (C=O) groups is 4. The van der Waals surface area contributed by atoms with Crippen molar-refractivity contribution in [2.45, 2.75) is 314 Å². The first-order chi connectivity index (χ1) is 38.6. The maximum Gasteiger partial charge on any atom is 0.335 e. The Hall–Kier alpha value is -3.84. The van der Waals surface area contributed by atoms with Crippen LogP contribution in [0.4, 0.5) is 0 Å². The van der Waals surface area contributed by atoms with Crippen molar-refractivity contribution in [1.82, 2.24) is 0 Å². The van der Waals surface area contributed by atoms with E-state index >= 15 is 0 Å². The Balaban J connectivity index is 2.70. The molecule has 0 aromatic heterocycles. The quantitative estimate of drug-likeness (QED) is 0.0228. The first kappa shape index (κ1) is 73.2. The Morgan fingerprint density at radius 1 is 0.430 bits per heavy atom. The monoisotopic (exact) mass is 1110 g/mol. The van der Waals surface area contributed by atoms with Gasteiger partial charge in [0.2, 0.25) is 0 Å². The van der Waals surface area contributed by atoms with Gasteiger partial charge in [-0.1, -0.05) is 248 Å². The molecule has 3 N–H and O–H groups in total. The number of ether oxygens (including phenoxy) is 5. The summed E-state index contributed by atoms with van der Waals surface area (Å²) in [5.74, 6) is -3.19. The number of aliphatic carboxylic acids is 1. The molecule has 1 fully saturated rings. The third-order valence-corrected chi connectivity index (χ3v) is 14.3. The van der Waals surface area contributed by atoms with Crippen LogP contribution in [-0.4, -0.2) is 89.2 Å². The van der Waals surface area contributed by atoms with Crippen LogP contribution in [0.15, 0.2) is 72.9 Å². The minimum absolute atomic E-state index is 0.0184. The zero-order valence-corrected chi connectivity index (χ0v) is 50.1. The molecule has 0 radical (unpaired) electrons. The minimum Gasteiger partial charge on any atom is -0.479 e. The zero-order valence-electron chi connectivity index (χ0n) is 50.1. The lowest BCUT2D eigenvalue weighted by atomic mass is 9.98. The Morgan fingerprint density at radius 3 is 1.27 bits per heavy atom. The van der Waals surface area contributed by atoms with Crippen LogP contribution in [0, 0.1) is 0 Å². The highest BCUT2D eigenvalue weighted by Gasteiger charge is 2.50. The number of carbonyl (C=O) groups excluding carboxylic acids is 3. The van der Waals surface area contributed by atoms with Crippen LogP contribution in [0.1, 0.15) is 278 Å². The van der Waals surface area contributed by atoms with Gasteiger partial charge in [0.25, 0.3) is 0 Å². The number of unbranched alkanes of at least 4 members (excludes halogenated alkanes) is 28. The van der Waals surface area contributed by atoms with Gasteiger partial charge in [-0.2, -0.15) is 0 Å². The molecule has 1 aliphatic rings. The van der Waals surface area contributed by atoms with Crippen molar-refractivity contribution in [1.29, 1.82) is 0 Å². The highest BCUT2D eigenvalue weighted by molar-refractivity contribution is 5.74. The smallest absolute Gasteiger partial charge is 0.335 e. The van der Waals surface area contributed by atoms with E-state index in [0.29, 0.717) is 25.7 Å². The highest BCUT2D eigenvalue weighted by Crippen LogP contribution is 2.26. The van der Waals surface area contributed by atoms with Crippen LogP contribution >= 0.6 is 0 Å². The molecule has 79 heavy (non-hydrogen) atoms. The lowest BCUT2D eigenvalue weighted by Crippen LogP contribution is -2.61. The molecular formula is C67H114O12. The number of aliphatic hydroxyl groups excluding tert-OH is 2. The summed E-state index contributed by atoms with van der Waals surface area (Å²) in [4.78, 5) is 51.3. The Labute approximate surface area is 480 Å².